The Hall–Kier alpha value is -1.94. The molecule has 1 unspecified atom stereocenters. The summed E-state index contributed by atoms with van der Waals surface area (Å²) in [7, 11) is 3.97. The van der Waals surface area contributed by atoms with Crippen LogP contribution in [0.5, 0.6) is 0 Å². The van der Waals surface area contributed by atoms with Crippen LogP contribution in [0.2, 0.25) is 5.02 Å². The lowest BCUT2D eigenvalue weighted by molar-refractivity contribution is -0.113. The van der Waals surface area contributed by atoms with E-state index < -0.39 is 0 Å². The lowest BCUT2D eigenvalue weighted by Crippen LogP contribution is -2.21. The number of anilines is 1. The largest absolute Gasteiger partial charge is 0.310 e. The molecule has 0 spiro atoms. The third-order valence-electron chi connectivity index (χ3n) is 4.22. The number of hydrogen-bond acceptors (Lipinski definition) is 6. The van der Waals surface area contributed by atoms with E-state index in [4.69, 9.17) is 11.6 Å². The second-order valence-electron chi connectivity index (χ2n) is 6.49. The number of amides is 1. The quantitative estimate of drug-likeness (QED) is 0.489. The highest BCUT2D eigenvalue weighted by molar-refractivity contribution is 9.10. The average molecular weight is 496 g/mol. The van der Waals surface area contributed by atoms with Gasteiger partial charge in [-0.15, -0.1) is 10.2 Å². The van der Waals surface area contributed by atoms with Crippen LogP contribution in [0.3, 0.4) is 0 Å². The normalized spacial score (nSPS) is 12.2. The molecule has 7 nitrogen and oxygen atoms in total. The number of carbonyl (C=O) groups excluding carboxylic acids is 1. The summed E-state index contributed by atoms with van der Waals surface area (Å²) < 4.78 is 2.81. The summed E-state index contributed by atoms with van der Waals surface area (Å²) >= 11 is 10.7. The Morgan fingerprint density at radius 3 is 2.59 bits per heavy atom. The Morgan fingerprint density at radius 1 is 1.24 bits per heavy atom. The van der Waals surface area contributed by atoms with Gasteiger partial charge >= 0.3 is 0 Å². The maximum absolute atomic E-state index is 12.3. The van der Waals surface area contributed by atoms with Crippen molar-refractivity contribution in [3.8, 4) is 5.69 Å². The molecule has 2 aromatic heterocycles. The number of halogens is 2. The monoisotopic (exact) mass is 494 g/mol. The molecule has 0 aliphatic rings. The third kappa shape index (κ3) is 5.57. The first-order chi connectivity index (χ1) is 13.8. The minimum absolute atomic E-state index is 0.0355. The van der Waals surface area contributed by atoms with Crippen molar-refractivity contribution in [1.29, 1.82) is 0 Å². The van der Waals surface area contributed by atoms with Gasteiger partial charge in [0, 0.05) is 21.4 Å². The maximum Gasteiger partial charge on any atom is 0.236 e. The molecule has 0 bridgehead atoms. The summed E-state index contributed by atoms with van der Waals surface area (Å²) in [5, 5.41) is 12.8. The van der Waals surface area contributed by atoms with Crippen molar-refractivity contribution in [1.82, 2.24) is 24.6 Å². The number of carbonyl (C=O) groups is 1. The average Bonchev–Trinajstić information content (AvgIpc) is 3.12. The van der Waals surface area contributed by atoms with Gasteiger partial charge < -0.3 is 5.32 Å². The third-order valence-corrected chi connectivity index (χ3v) is 5.87. The summed E-state index contributed by atoms with van der Waals surface area (Å²) in [6.07, 6.45) is 1.63. The zero-order valence-electron chi connectivity index (χ0n) is 16.1. The summed E-state index contributed by atoms with van der Waals surface area (Å²) in [6.45, 7) is 2.05. The molecule has 1 amide bonds. The Labute approximate surface area is 187 Å². The fourth-order valence-electron chi connectivity index (χ4n) is 2.47. The Kier molecular flexibility index (Phi) is 7.28. The second kappa shape index (κ2) is 9.71. The first-order valence-electron chi connectivity index (χ1n) is 8.77. The number of thioether (sulfide) groups is 1. The number of nitrogens with zero attached hydrogens (tertiary/aromatic N) is 5. The standard InChI is InChI=1S/C19H20BrClN6OS/c1-12(26(2)3)18-24-25-19(27(18)15-7-5-14(21)6-8-15)29-11-17(28)23-16-9-4-13(20)10-22-16/h4-10,12H,11H2,1-3H3,(H,22,23,28). The van der Waals surface area contributed by atoms with Gasteiger partial charge in [0.25, 0.3) is 0 Å². The van der Waals surface area contributed by atoms with Crippen molar-refractivity contribution in [2.75, 3.05) is 25.2 Å². The Morgan fingerprint density at radius 2 is 1.97 bits per heavy atom. The minimum atomic E-state index is -0.169. The van der Waals surface area contributed by atoms with E-state index in [-0.39, 0.29) is 17.7 Å². The Balaban J connectivity index is 1.80. The van der Waals surface area contributed by atoms with E-state index in [9.17, 15) is 4.79 Å². The second-order valence-corrected chi connectivity index (χ2v) is 8.79. The van der Waals surface area contributed by atoms with Gasteiger partial charge in [-0.3, -0.25) is 14.3 Å². The molecule has 1 aromatic carbocycles. The Bertz CT molecular complexity index is 977. The van der Waals surface area contributed by atoms with E-state index in [1.807, 2.05) is 49.0 Å². The van der Waals surface area contributed by atoms with Crippen molar-refractivity contribution in [2.24, 2.45) is 0 Å². The van der Waals surface area contributed by atoms with Gasteiger partial charge in [-0.05, 0) is 73.3 Å². The summed E-state index contributed by atoms with van der Waals surface area (Å²) in [6, 6.07) is 11.1. The lowest BCUT2D eigenvalue weighted by atomic mass is 10.2. The molecule has 1 atom stereocenters. The van der Waals surface area contributed by atoms with Crippen molar-refractivity contribution >= 4 is 51.0 Å². The number of benzene rings is 1. The van der Waals surface area contributed by atoms with Gasteiger partial charge in [0.1, 0.15) is 5.82 Å². The van der Waals surface area contributed by atoms with Crippen LogP contribution in [0, 0.1) is 0 Å². The predicted molar refractivity (Wildman–Crippen MR) is 120 cm³/mol. The maximum atomic E-state index is 12.3. The van der Waals surface area contributed by atoms with E-state index in [0.717, 1.165) is 16.0 Å². The van der Waals surface area contributed by atoms with Crippen molar-refractivity contribution in [2.45, 2.75) is 18.1 Å². The van der Waals surface area contributed by atoms with Gasteiger partial charge in [-0.1, -0.05) is 23.4 Å². The van der Waals surface area contributed by atoms with Gasteiger partial charge in [0.15, 0.2) is 11.0 Å². The van der Waals surface area contributed by atoms with Crippen molar-refractivity contribution in [3.63, 3.8) is 0 Å². The smallest absolute Gasteiger partial charge is 0.236 e. The van der Waals surface area contributed by atoms with Gasteiger partial charge in [-0.25, -0.2) is 4.98 Å². The number of hydrogen-bond donors (Lipinski definition) is 1. The van der Waals surface area contributed by atoms with E-state index >= 15 is 0 Å². The topological polar surface area (TPSA) is 75.9 Å². The van der Waals surface area contributed by atoms with Crippen molar-refractivity contribution in [3.05, 3.63) is 57.9 Å². The molecule has 3 rings (SSSR count). The molecule has 29 heavy (non-hydrogen) atoms. The molecule has 0 aliphatic heterocycles. The van der Waals surface area contributed by atoms with Gasteiger partial charge in [0.2, 0.25) is 5.91 Å². The molecule has 2 heterocycles. The number of aromatic nitrogens is 4. The van der Waals surface area contributed by atoms with Crippen LogP contribution in [-0.2, 0) is 4.79 Å². The zero-order chi connectivity index (χ0) is 21.0. The minimum Gasteiger partial charge on any atom is -0.310 e. The van der Waals surface area contributed by atoms with Crippen LogP contribution in [0.4, 0.5) is 5.82 Å². The van der Waals surface area contributed by atoms with E-state index in [1.54, 1.807) is 12.3 Å². The molecule has 1 N–H and O–H groups in total. The predicted octanol–water partition coefficient (Wildman–Crippen LogP) is 4.43. The van der Waals surface area contributed by atoms with Gasteiger partial charge in [0.05, 0.1) is 11.8 Å². The molecule has 152 valence electrons. The van der Waals surface area contributed by atoms with Crippen LogP contribution in [-0.4, -0.2) is 50.4 Å². The SMILES string of the molecule is CC(c1nnc(SCC(=O)Nc2ccc(Br)cn2)n1-c1ccc(Cl)cc1)N(C)C. The molecular formula is C19H20BrClN6OS. The molecule has 0 aliphatic carbocycles. The summed E-state index contributed by atoms with van der Waals surface area (Å²) in [5.74, 6) is 1.30. The molecule has 10 heteroatoms. The van der Waals surface area contributed by atoms with Crippen LogP contribution < -0.4 is 5.32 Å². The summed E-state index contributed by atoms with van der Waals surface area (Å²) in [5.41, 5.74) is 0.889. The molecule has 0 saturated carbocycles. The lowest BCUT2D eigenvalue weighted by Gasteiger charge is -2.20. The summed E-state index contributed by atoms with van der Waals surface area (Å²) in [4.78, 5) is 18.6. The fraction of sp³-hybridized carbons (Fsp3) is 0.263. The number of pyridine rings is 1. The molecular weight excluding hydrogens is 476 g/mol. The van der Waals surface area contributed by atoms with Crippen LogP contribution >= 0.6 is 39.3 Å². The number of nitrogens with one attached hydrogen (secondary N) is 1. The zero-order valence-corrected chi connectivity index (χ0v) is 19.3. The van der Waals surface area contributed by atoms with Crippen LogP contribution in [0.15, 0.2) is 52.2 Å². The van der Waals surface area contributed by atoms with Crippen LogP contribution in [0.25, 0.3) is 5.69 Å². The highest BCUT2D eigenvalue weighted by atomic mass is 79.9. The molecule has 0 saturated heterocycles. The van der Waals surface area contributed by atoms with E-state index in [2.05, 4.69) is 48.3 Å². The molecule has 0 radical (unpaired) electrons. The number of rotatable bonds is 7. The first-order valence-corrected chi connectivity index (χ1v) is 10.9. The highest BCUT2D eigenvalue weighted by Gasteiger charge is 2.21. The van der Waals surface area contributed by atoms with E-state index in [0.29, 0.717) is 16.0 Å². The van der Waals surface area contributed by atoms with Crippen LogP contribution in [0.1, 0.15) is 18.8 Å². The molecule has 0 fully saturated rings. The van der Waals surface area contributed by atoms with E-state index in [1.165, 1.54) is 11.8 Å². The highest BCUT2D eigenvalue weighted by Crippen LogP contribution is 2.27. The van der Waals surface area contributed by atoms with Gasteiger partial charge in [-0.2, -0.15) is 0 Å². The molecule has 3 aromatic rings. The van der Waals surface area contributed by atoms with Crippen molar-refractivity contribution < 1.29 is 4.79 Å². The fourth-order valence-corrected chi connectivity index (χ4v) is 3.59. The first kappa shape index (κ1) is 21.8.